The maximum Gasteiger partial charge on any atom is 0.227 e. The van der Waals surface area contributed by atoms with Crippen LogP contribution in [0, 0.1) is 24.2 Å². The fourth-order valence-corrected chi connectivity index (χ4v) is 2.86. The molecule has 0 fully saturated rings. The Kier molecular flexibility index (Phi) is 8.77. The van der Waals surface area contributed by atoms with E-state index in [0.29, 0.717) is 17.1 Å². The first-order chi connectivity index (χ1) is 14.8. The van der Waals surface area contributed by atoms with Gasteiger partial charge in [-0.2, -0.15) is 5.26 Å². The number of benzene rings is 2. The largest absolute Gasteiger partial charge is 0.326 e. The van der Waals surface area contributed by atoms with Crippen LogP contribution in [-0.4, -0.2) is 24.3 Å². The zero-order chi connectivity index (χ0) is 22.8. The minimum Gasteiger partial charge on any atom is -0.326 e. The van der Waals surface area contributed by atoms with Crippen LogP contribution in [0.5, 0.6) is 0 Å². The second-order valence-electron chi connectivity index (χ2n) is 7.51. The van der Waals surface area contributed by atoms with E-state index in [1.165, 1.54) is 4.90 Å². The number of nitriles is 1. The zero-order valence-electron chi connectivity index (χ0n) is 18.1. The van der Waals surface area contributed by atoms with Gasteiger partial charge in [0.1, 0.15) is 0 Å². The highest BCUT2D eigenvalue weighted by atomic mass is 16.2. The van der Waals surface area contributed by atoms with Gasteiger partial charge in [-0.3, -0.25) is 14.4 Å². The molecule has 2 rings (SSSR count). The molecule has 0 saturated heterocycles. The zero-order valence-corrected chi connectivity index (χ0v) is 18.1. The topological polar surface area (TPSA) is 102 Å². The van der Waals surface area contributed by atoms with E-state index in [0.717, 1.165) is 5.56 Å². The molecule has 0 atom stereocenters. The maximum absolute atomic E-state index is 12.7. The van der Waals surface area contributed by atoms with Gasteiger partial charge in [0, 0.05) is 42.4 Å². The third-order valence-electron chi connectivity index (χ3n) is 4.69. The Morgan fingerprint density at radius 3 is 2.39 bits per heavy atom. The van der Waals surface area contributed by atoms with E-state index in [9.17, 15) is 14.4 Å². The number of hydrogen-bond acceptors (Lipinski definition) is 4. The Labute approximate surface area is 183 Å². The number of carbonyl (C=O) groups is 3. The summed E-state index contributed by atoms with van der Waals surface area (Å²) >= 11 is 0. The first-order valence-electron chi connectivity index (χ1n) is 10.3. The summed E-state index contributed by atoms with van der Waals surface area (Å²) in [5.41, 5.74) is 2.74. The molecule has 0 radical (unpaired) electrons. The van der Waals surface area contributed by atoms with Crippen LogP contribution >= 0.6 is 0 Å². The van der Waals surface area contributed by atoms with Crippen molar-refractivity contribution in [3.8, 4) is 6.07 Å². The van der Waals surface area contributed by atoms with Crippen LogP contribution in [0.25, 0.3) is 0 Å². The van der Waals surface area contributed by atoms with E-state index in [4.69, 9.17) is 5.26 Å². The summed E-state index contributed by atoms with van der Waals surface area (Å²) in [6, 6.07) is 16.4. The molecule has 3 amide bonds. The summed E-state index contributed by atoms with van der Waals surface area (Å²) < 4.78 is 0. The lowest BCUT2D eigenvalue weighted by Gasteiger charge is -2.21. The lowest BCUT2D eigenvalue weighted by Crippen LogP contribution is -2.32. The number of nitrogens with one attached hydrogen (secondary N) is 2. The van der Waals surface area contributed by atoms with Gasteiger partial charge in [-0.25, -0.2) is 0 Å². The van der Waals surface area contributed by atoms with Crippen molar-refractivity contribution in [1.82, 2.24) is 0 Å². The van der Waals surface area contributed by atoms with Gasteiger partial charge >= 0.3 is 0 Å². The van der Waals surface area contributed by atoms with E-state index in [2.05, 4.69) is 10.6 Å². The highest BCUT2D eigenvalue weighted by Gasteiger charge is 2.17. The van der Waals surface area contributed by atoms with Crippen LogP contribution in [0.3, 0.4) is 0 Å². The molecule has 0 aliphatic heterocycles. The van der Waals surface area contributed by atoms with Crippen LogP contribution in [0.1, 0.15) is 38.7 Å². The molecular weight excluding hydrogens is 392 g/mol. The van der Waals surface area contributed by atoms with Crippen molar-refractivity contribution in [3.05, 3.63) is 54.1 Å². The molecule has 0 bridgehead atoms. The Hall–Kier alpha value is -3.66. The maximum atomic E-state index is 12.7. The molecule has 2 N–H and O–H groups in total. The first-order valence-corrected chi connectivity index (χ1v) is 10.3. The van der Waals surface area contributed by atoms with Crippen LogP contribution in [0.15, 0.2) is 48.5 Å². The van der Waals surface area contributed by atoms with Gasteiger partial charge in [0.05, 0.1) is 12.5 Å². The number of carbonyl (C=O) groups excluding carboxylic acids is 3. The smallest absolute Gasteiger partial charge is 0.227 e. The predicted molar refractivity (Wildman–Crippen MR) is 122 cm³/mol. The van der Waals surface area contributed by atoms with Crippen molar-refractivity contribution in [1.29, 1.82) is 5.26 Å². The van der Waals surface area contributed by atoms with Gasteiger partial charge in [-0.1, -0.05) is 38.1 Å². The Morgan fingerprint density at radius 2 is 1.74 bits per heavy atom. The van der Waals surface area contributed by atoms with Crippen LogP contribution in [0.2, 0.25) is 0 Å². The van der Waals surface area contributed by atoms with Gasteiger partial charge in [-0.05, 0) is 36.8 Å². The molecule has 7 heteroatoms. The van der Waals surface area contributed by atoms with Gasteiger partial charge in [0.25, 0.3) is 0 Å². The fourth-order valence-electron chi connectivity index (χ4n) is 2.86. The van der Waals surface area contributed by atoms with Gasteiger partial charge in [0.15, 0.2) is 0 Å². The number of anilines is 3. The summed E-state index contributed by atoms with van der Waals surface area (Å²) in [4.78, 5) is 38.6. The summed E-state index contributed by atoms with van der Waals surface area (Å²) in [7, 11) is 0. The molecule has 7 nitrogen and oxygen atoms in total. The van der Waals surface area contributed by atoms with Gasteiger partial charge in [-0.15, -0.1) is 0 Å². The van der Waals surface area contributed by atoms with E-state index in [1.807, 2.05) is 37.3 Å². The average molecular weight is 421 g/mol. The van der Waals surface area contributed by atoms with Crippen molar-refractivity contribution in [2.75, 3.05) is 22.1 Å². The molecule has 0 spiro atoms. The van der Waals surface area contributed by atoms with E-state index in [-0.39, 0.29) is 49.4 Å². The van der Waals surface area contributed by atoms with Gasteiger partial charge in [0.2, 0.25) is 17.7 Å². The second-order valence-corrected chi connectivity index (χ2v) is 7.51. The monoisotopic (exact) mass is 420 g/mol. The molecule has 0 heterocycles. The number of nitrogens with zero attached hydrogens (tertiary/aromatic N) is 2. The summed E-state index contributed by atoms with van der Waals surface area (Å²) in [5.74, 6) is -0.771. The highest BCUT2D eigenvalue weighted by Crippen LogP contribution is 2.22. The molecular formula is C24H28N4O3. The van der Waals surface area contributed by atoms with E-state index < -0.39 is 0 Å². The second kappa shape index (κ2) is 11.5. The number of rotatable bonds is 9. The molecule has 0 unspecified atom stereocenters. The first kappa shape index (κ1) is 23.6. The number of amides is 3. The van der Waals surface area contributed by atoms with Crippen molar-refractivity contribution in [2.24, 2.45) is 5.92 Å². The number of aryl methyl sites for hydroxylation is 1. The number of para-hydroxylation sites is 1. The SMILES string of the molecule is Cc1ccc(NC(=O)C(C)C)cc1NC(=O)CCC(=O)N(CCC#N)c1ccccc1. The molecule has 0 saturated carbocycles. The van der Waals surface area contributed by atoms with Crippen LogP contribution in [0.4, 0.5) is 17.1 Å². The third-order valence-corrected chi connectivity index (χ3v) is 4.69. The average Bonchev–Trinajstić information content (AvgIpc) is 2.75. The van der Waals surface area contributed by atoms with E-state index >= 15 is 0 Å². The van der Waals surface area contributed by atoms with Crippen LogP contribution < -0.4 is 15.5 Å². The molecule has 2 aromatic rings. The summed E-state index contributed by atoms with van der Waals surface area (Å²) in [6.07, 6.45) is 0.243. The summed E-state index contributed by atoms with van der Waals surface area (Å²) in [6.45, 7) is 5.74. The van der Waals surface area contributed by atoms with Crippen molar-refractivity contribution in [3.63, 3.8) is 0 Å². The normalized spacial score (nSPS) is 10.3. The Bertz CT molecular complexity index is 965. The minimum absolute atomic E-state index is 0.0107. The van der Waals surface area contributed by atoms with Gasteiger partial charge < -0.3 is 15.5 Å². The lowest BCUT2D eigenvalue weighted by atomic mass is 10.1. The van der Waals surface area contributed by atoms with Crippen molar-refractivity contribution in [2.45, 2.75) is 40.0 Å². The fraction of sp³-hybridized carbons (Fsp3) is 0.333. The molecule has 31 heavy (non-hydrogen) atoms. The molecule has 0 aliphatic carbocycles. The van der Waals surface area contributed by atoms with E-state index in [1.54, 1.807) is 38.1 Å². The standard InChI is InChI=1S/C24H28N4O3/c1-17(2)24(31)26-19-11-10-18(3)21(16-19)27-22(29)12-13-23(30)28(15-7-14-25)20-8-5-4-6-9-20/h4-6,8-11,16-17H,7,12-13,15H2,1-3H3,(H,26,31)(H,27,29). The quantitative estimate of drug-likeness (QED) is 0.633. The lowest BCUT2D eigenvalue weighted by molar-refractivity contribution is -0.122. The Balaban J connectivity index is 1.99. The molecule has 0 aliphatic rings. The molecule has 162 valence electrons. The van der Waals surface area contributed by atoms with Crippen molar-refractivity contribution >= 4 is 34.8 Å². The third kappa shape index (κ3) is 7.27. The summed E-state index contributed by atoms with van der Waals surface area (Å²) in [5, 5.41) is 14.5. The number of hydrogen-bond donors (Lipinski definition) is 2. The highest BCUT2D eigenvalue weighted by molar-refractivity contribution is 5.99. The minimum atomic E-state index is -0.294. The van der Waals surface area contributed by atoms with Crippen molar-refractivity contribution < 1.29 is 14.4 Å². The molecule has 2 aromatic carbocycles. The Morgan fingerprint density at radius 1 is 1.03 bits per heavy atom. The van der Waals surface area contributed by atoms with Crippen LogP contribution in [-0.2, 0) is 14.4 Å². The molecule has 0 aromatic heterocycles. The predicted octanol–water partition coefficient (Wildman–Crippen LogP) is 4.26.